The van der Waals surface area contributed by atoms with Gasteiger partial charge in [-0.3, -0.25) is 4.79 Å². The maximum Gasteiger partial charge on any atom is 0.208 e. The lowest BCUT2D eigenvalue weighted by Crippen LogP contribution is -2.04. The molecule has 0 aliphatic heterocycles. The summed E-state index contributed by atoms with van der Waals surface area (Å²) in [6.07, 6.45) is 6.10. The lowest BCUT2D eigenvalue weighted by Gasteiger charge is -2.11. The van der Waals surface area contributed by atoms with Gasteiger partial charge in [-0.15, -0.1) is 0 Å². The molecule has 0 aliphatic carbocycles. The number of hydrogen-bond donors (Lipinski definition) is 4. The SMILES string of the molecule is CC(C)=CCC/C(C)=C/Cc1c(O)cc(O)c2c(=O)c3c(O)ccc(O)c3oc12. The third-order valence-corrected chi connectivity index (χ3v) is 4.86. The quantitative estimate of drug-likeness (QED) is 0.274. The molecule has 6 nitrogen and oxygen atoms in total. The summed E-state index contributed by atoms with van der Waals surface area (Å²) in [5, 5.41) is 40.3. The van der Waals surface area contributed by atoms with Gasteiger partial charge in [0.1, 0.15) is 33.6 Å². The lowest BCUT2D eigenvalue weighted by atomic mass is 10.0. The highest BCUT2D eigenvalue weighted by Crippen LogP contribution is 2.38. The van der Waals surface area contributed by atoms with E-state index in [4.69, 9.17) is 4.42 Å². The molecule has 0 bridgehead atoms. The summed E-state index contributed by atoms with van der Waals surface area (Å²) in [5.41, 5.74) is 1.77. The fraction of sp³-hybridized carbons (Fsp3) is 0.261. The van der Waals surface area contributed by atoms with E-state index in [2.05, 4.69) is 6.08 Å². The summed E-state index contributed by atoms with van der Waals surface area (Å²) in [4.78, 5) is 12.9. The van der Waals surface area contributed by atoms with Crippen LogP contribution in [0.5, 0.6) is 23.0 Å². The Bertz CT molecular complexity index is 1210. The highest BCUT2D eigenvalue weighted by atomic mass is 16.4. The zero-order chi connectivity index (χ0) is 21.3. The number of aromatic hydroxyl groups is 4. The van der Waals surface area contributed by atoms with Gasteiger partial charge in [-0.1, -0.05) is 23.3 Å². The summed E-state index contributed by atoms with van der Waals surface area (Å²) in [6, 6.07) is 3.48. The van der Waals surface area contributed by atoms with Gasteiger partial charge in [0.2, 0.25) is 5.43 Å². The van der Waals surface area contributed by atoms with E-state index >= 15 is 0 Å². The Balaban J connectivity index is 2.17. The minimum Gasteiger partial charge on any atom is -0.507 e. The van der Waals surface area contributed by atoms with E-state index in [1.165, 1.54) is 17.7 Å². The highest BCUT2D eigenvalue weighted by Gasteiger charge is 2.21. The Morgan fingerprint density at radius 1 is 0.897 bits per heavy atom. The van der Waals surface area contributed by atoms with E-state index in [-0.39, 0.29) is 45.6 Å². The van der Waals surface area contributed by atoms with Gasteiger partial charge in [-0.25, -0.2) is 0 Å². The van der Waals surface area contributed by atoms with Crippen molar-refractivity contribution >= 4 is 21.9 Å². The molecule has 0 saturated carbocycles. The van der Waals surface area contributed by atoms with Crippen LogP contribution in [0.15, 0.2) is 50.7 Å². The smallest absolute Gasteiger partial charge is 0.208 e. The van der Waals surface area contributed by atoms with E-state index in [1.807, 2.05) is 26.8 Å². The van der Waals surface area contributed by atoms with Crippen LogP contribution in [0.3, 0.4) is 0 Å². The predicted octanol–water partition coefficient (Wildman–Crippen LogP) is 5.00. The average molecular weight is 396 g/mol. The van der Waals surface area contributed by atoms with Crippen molar-refractivity contribution in [3.05, 3.63) is 57.3 Å². The van der Waals surface area contributed by atoms with Crippen molar-refractivity contribution in [2.24, 2.45) is 0 Å². The first-order valence-electron chi connectivity index (χ1n) is 9.35. The summed E-state index contributed by atoms with van der Waals surface area (Å²) in [6.45, 7) is 6.06. The summed E-state index contributed by atoms with van der Waals surface area (Å²) in [5.74, 6) is -1.36. The molecule has 0 amide bonds. The van der Waals surface area contributed by atoms with Crippen molar-refractivity contribution in [1.29, 1.82) is 0 Å². The first-order chi connectivity index (χ1) is 13.7. The largest absolute Gasteiger partial charge is 0.507 e. The molecule has 6 heteroatoms. The van der Waals surface area contributed by atoms with Crippen LogP contribution in [0, 0.1) is 0 Å². The monoisotopic (exact) mass is 396 g/mol. The molecule has 0 radical (unpaired) electrons. The van der Waals surface area contributed by atoms with Crippen LogP contribution < -0.4 is 5.43 Å². The summed E-state index contributed by atoms with van der Waals surface area (Å²) >= 11 is 0. The normalized spacial score (nSPS) is 11.9. The van der Waals surface area contributed by atoms with Crippen LogP contribution in [0.4, 0.5) is 0 Å². The second-order valence-electron chi connectivity index (χ2n) is 7.41. The van der Waals surface area contributed by atoms with Crippen LogP contribution in [0.1, 0.15) is 39.2 Å². The number of phenols is 4. The second-order valence-corrected chi connectivity index (χ2v) is 7.41. The molecule has 1 aromatic heterocycles. The first kappa shape index (κ1) is 20.3. The van der Waals surface area contributed by atoms with E-state index in [0.29, 0.717) is 5.56 Å². The minimum atomic E-state index is -0.683. The molecule has 0 aliphatic rings. The molecule has 0 fully saturated rings. The molecule has 4 N–H and O–H groups in total. The Kier molecular flexibility index (Phi) is 5.55. The maximum atomic E-state index is 12.9. The van der Waals surface area contributed by atoms with Gasteiger partial charge in [0.15, 0.2) is 11.3 Å². The number of rotatable bonds is 5. The van der Waals surface area contributed by atoms with Gasteiger partial charge in [0.25, 0.3) is 0 Å². The molecule has 0 spiro atoms. The Hall–Kier alpha value is -3.41. The standard InChI is InChI=1S/C23H24O6/c1-12(2)5-4-6-13(3)7-8-14-17(26)11-18(27)20-21(28)19-15(24)9-10-16(25)23(19)29-22(14)20/h5,7,9-11,24-27H,4,6,8H2,1-3H3/b13-7+. The second kappa shape index (κ2) is 7.91. The van der Waals surface area contributed by atoms with Gasteiger partial charge in [-0.2, -0.15) is 0 Å². The number of fused-ring (bicyclic) bond motifs is 2. The molecule has 29 heavy (non-hydrogen) atoms. The molecule has 3 aromatic rings. The van der Waals surface area contributed by atoms with Gasteiger partial charge >= 0.3 is 0 Å². The van der Waals surface area contributed by atoms with E-state index < -0.39 is 11.2 Å². The summed E-state index contributed by atoms with van der Waals surface area (Å²) in [7, 11) is 0. The molecule has 0 saturated heterocycles. The van der Waals surface area contributed by atoms with Crippen molar-refractivity contribution in [2.45, 2.75) is 40.0 Å². The predicted molar refractivity (Wildman–Crippen MR) is 113 cm³/mol. The van der Waals surface area contributed by atoms with Gasteiger partial charge in [0.05, 0.1) is 0 Å². The van der Waals surface area contributed by atoms with E-state index in [1.54, 1.807) is 0 Å². The molecule has 152 valence electrons. The number of hydrogen-bond acceptors (Lipinski definition) is 6. The van der Waals surface area contributed by atoms with Crippen LogP contribution in [-0.4, -0.2) is 20.4 Å². The van der Waals surface area contributed by atoms with Gasteiger partial charge in [-0.05, 0) is 52.2 Å². The topological polar surface area (TPSA) is 111 Å². The van der Waals surface area contributed by atoms with Crippen molar-refractivity contribution in [3.8, 4) is 23.0 Å². The van der Waals surface area contributed by atoms with E-state index in [9.17, 15) is 25.2 Å². The lowest BCUT2D eigenvalue weighted by molar-refractivity contribution is 0.445. The molecule has 1 heterocycles. The fourth-order valence-corrected chi connectivity index (χ4v) is 3.28. The number of phenolic OH excluding ortho intramolecular Hbond substituents is 4. The van der Waals surface area contributed by atoms with Crippen molar-refractivity contribution < 1.29 is 24.8 Å². The molecule has 3 rings (SSSR count). The minimum absolute atomic E-state index is 0.0192. The molecular formula is C23H24O6. The molecule has 0 atom stereocenters. The Morgan fingerprint density at radius 2 is 1.55 bits per heavy atom. The van der Waals surface area contributed by atoms with Crippen LogP contribution >= 0.6 is 0 Å². The van der Waals surface area contributed by atoms with Crippen LogP contribution in [-0.2, 0) is 6.42 Å². The first-order valence-corrected chi connectivity index (χ1v) is 9.35. The Labute approximate surface area is 167 Å². The van der Waals surface area contributed by atoms with E-state index in [0.717, 1.165) is 24.5 Å². The molecular weight excluding hydrogens is 372 g/mol. The zero-order valence-corrected chi connectivity index (χ0v) is 16.6. The molecule has 2 aromatic carbocycles. The average Bonchev–Trinajstić information content (AvgIpc) is 2.63. The third kappa shape index (κ3) is 3.92. The summed E-state index contributed by atoms with van der Waals surface area (Å²) < 4.78 is 5.71. The van der Waals surface area contributed by atoms with Crippen LogP contribution in [0.25, 0.3) is 21.9 Å². The zero-order valence-electron chi connectivity index (χ0n) is 16.6. The maximum absolute atomic E-state index is 12.9. The number of benzene rings is 2. The van der Waals surface area contributed by atoms with Gasteiger partial charge in [0, 0.05) is 11.6 Å². The fourth-order valence-electron chi connectivity index (χ4n) is 3.28. The highest BCUT2D eigenvalue weighted by molar-refractivity contribution is 5.99. The van der Waals surface area contributed by atoms with Crippen molar-refractivity contribution in [1.82, 2.24) is 0 Å². The van der Waals surface area contributed by atoms with Crippen molar-refractivity contribution in [2.75, 3.05) is 0 Å². The third-order valence-electron chi connectivity index (χ3n) is 4.86. The van der Waals surface area contributed by atoms with Gasteiger partial charge < -0.3 is 24.8 Å². The molecule has 0 unspecified atom stereocenters. The Morgan fingerprint density at radius 3 is 2.24 bits per heavy atom. The number of allylic oxidation sites excluding steroid dienone is 4. The van der Waals surface area contributed by atoms with Crippen LogP contribution in [0.2, 0.25) is 0 Å². The van der Waals surface area contributed by atoms with Crippen molar-refractivity contribution in [3.63, 3.8) is 0 Å².